The molecule has 0 saturated carbocycles. The van der Waals surface area contributed by atoms with Gasteiger partial charge in [-0.15, -0.1) is 0 Å². The molecule has 7 heteroatoms. The minimum Gasteiger partial charge on any atom is -0.477 e. The van der Waals surface area contributed by atoms with Crippen LogP contribution in [0.15, 0.2) is 43.0 Å². The van der Waals surface area contributed by atoms with E-state index in [4.69, 9.17) is 4.74 Å². The lowest BCUT2D eigenvalue weighted by atomic mass is 10.2. The van der Waals surface area contributed by atoms with Crippen LogP contribution < -0.4 is 4.74 Å². The van der Waals surface area contributed by atoms with Crippen LogP contribution in [0.4, 0.5) is 0 Å². The lowest BCUT2D eigenvalue weighted by molar-refractivity contribution is 0.154. The first-order chi connectivity index (χ1) is 12.3. The second kappa shape index (κ2) is 7.06. The van der Waals surface area contributed by atoms with Crippen LogP contribution in [0.1, 0.15) is 30.0 Å². The Labute approximate surface area is 146 Å². The van der Waals surface area contributed by atoms with Crippen molar-refractivity contribution in [2.45, 2.75) is 32.5 Å². The van der Waals surface area contributed by atoms with E-state index in [1.165, 1.54) is 11.3 Å². The zero-order valence-electron chi connectivity index (χ0n) is 14.3. The molecular weight excluding hydrogens is 316 g/mol. The van der Waals surface area contributed by atoms with E-state index in [1.807, 2.05) is 36.8 Å². The number of H-pyrrole nitrogens is 1. The summed E-state index contributed by atoms with van der Waals surface area (Å²) in [5, 5.41) is 6.91. The van der Waals surface area contributed by atoms with Crippen molar-refractivity contribution in [1.82, 2.24) is 29.6 Å². The van der Waals surface area contributed by atoms with Gasteiger partial charge in [-0.05, 0) is 13.0 Å². The molecule has 0 aromatic carbocycles. The molecule has 1 atom stereocenters. The molecule has 25 heavy (non-hydrogen) atoms. The van der Waals surface area contributed by atoms with Gasteiger partial charge < -0.3 is 9.30 Å². The Morgan fingerprint density at radius 3 is 3.00 bits per heavy atom. The number of nitrogens with one attached hydrogen (secondary N) is 1. The molecule has 0 fully saturated rings. The minimum absolute atomic E-state index is 0.286. The largest absolute Gasteiger partial charge is 0.477 e. The second-order valence-electron chi connectivity index (χ2n) is 6.28. The fourth-order valence-corrected chi connectivity index (χ4v) is 3.31. The molecule has 0 unspecified atom stereocenters. The molecule has 0 spiro atoms. The summed E-state index contributed by atoms with van der Waals surface area (Å²) in [6.07, 6.45) is 8.39. The Kier molecular flexibility index (Phi) is 4.47. The number of imidazole rings is 1. The van der Waals surface area contributed by atoms with E-state index in [0.717, 1.165) is 31.9 Å². The summed E-state index contributed by atoms with van der Waals surface area (Å²) in [5.41, 5.74) is 2.43. The SMILES string of the molecule is C[C@H]1c2ncc(CCOc3ccccn3)n2CCN1Cc1cn[nH]c1. The summed E-state index contributed by atoms with van der Waals surface area (Å²) in [7, 11) is 0. The van der Waals surface area contributed by atoms with E-state index < -0.39 is 0 Å². The van der Waals surface area contributed by atoms with Crippen LogP contribution in [-0.2, 0) is 19.5 Å². The highest BCUT2D eigenvalue weighted by Crippen LogP contribution is 2.26. The monoisotopic (exact) mass is 338 g/mol. The first-order valence-electron chi connectivity index (χ1n) is 8.61. The zero-order valence-corrected chi connectivity index (χ0v) is 14.3. The molecule has 0 bridgehead atoms. The van der Waals surface area contributed by atoms with Crippen LogP contribution in [-0.4, -0.2) is 42.8 Å². The fourth-order valence-electron chi connectivity index (χ4n) is 3.31. The van der Waals surface area contributed by atoms with Crippen LogP contribution in [0.25, 0.3) is 0 Å². The molecule has 1 aliphatic rings. The van der Waals surface area contributed by atoms with E-state index >= 15 is 0 Å². The Hall–Kier alpha value is -2.67. The molecule has 7 nitrogen and oxygen atoms in total. The van der Waals surface area contributed by atoms with Crippen molar-refractivity contribution in [3.8, 4) is 5.88 Å². The summed E-state index contributed by atoms with van der Waals surface area (Å²) in [6.45, 7) is 5.67. The highest BCUT2D eigenvalue weighted by atomic mass is 16.5. The van der Waals surface area contributed by atoms with Crippen molar-refractivity contribution >= 4 is 0 Å². The number of pyridine rings is 1. The van der Waals surface area contributed by atoms with Gasteiger partial charge in [0, 0.05) is 62.0 Å². The predicted molar refractivity (Wildman–Crippen MR) is 93.1 cm³/mol. The molecule has 0 radical (unpaired) electrons. The van der Waals surface area contributed by atoms with E-state index in [2.05, 4.69) is 36.6 Å². The number of hydrogen-bond acceptors (Lipinski definition) is 5. The average molecular weight is 338 g/mol. The molecular formula is C18H22N6O. The van der Waals surface area contributed by atoms with Gasteiger partial charge in [0.25, 0.3) is 0 Å². The summed E-state index contributed by atoms with van der Waals surface area (Å²) in [5.74, 6) is 1.79. The van der Waals surface area contributed by atoms with Crippen LogP contribution in [0, 0.1) is 0 Å². The van der Waals surface area contributed by atoms with Gasteiger partial charge in [-0.25, -0.2) is 9.97 Å². The topological polar surface area (TPSA) is 71.9 Å². The van der Waals surface area contributed by atoms with Crippen LogP contribution in [0.5, 0.6) is 5.88 Å². The van der Waals surface area contributed by atoms with E-state index in [9.17, 15) is 0 Å². The smallest absolute Gasteiger partial charge is 0.213 e. The first kappa shape index (κ1) is 15.8. The lowest BCUT2D eigenvalue weighted by Crippen LogP contribution is -2.37. The van der Waals surface area contributed by atoms with Gasteiger partial charge in [-0.2, -0.15) is 5.10 Å². The summed E-state index contributed by atoms with van der Waals surface area (Å²) in [6, 6.07) is 5.98. The van der Waals surface area contributed by atoms with E-state index in [-0.39, 0.29) is 6.04 Å². The van der Waals surface area contributed by atoms with Gasteiger partial charge >= 0.3 is 0 Å². The quantitative estimate of drug-likeness (QED) is 0.746. The Bertz CT molecular complexity index is 798. The first-order valence-corrected chi connectivity index (χ1v) is 8.61. The number of aromatic amines is 1. The number of ether oxygens (including phenoxy) is 1. The second-order valence-corrected chi connectivity index (χ2v) is 6.28. The highest BCUT2D eigenvalue weighted by molar-refractivity contribution is 5.14. The normalized spacial score (nSPS) is 17.4. The molecule has 3 aromatic rings. The molecule has 4 rings (SSSR count). The summed E-state index contributed by atoms with van der Waals surface area (Å²) >= 11 is 0. The van der Waals surface area contributed by atoms with Gasteiger partial charge in [0.2, 0.25) is 5.88 Å². The number of fused-ring (bicyclic) bond motifs is 1. The maximum Gasteiger partial charge on any atom is 0.213 e. The maximum absolute atomic E-state index is 5.72. The van der Waals surface area contributed by atoms with Gasteiger partial charge in [0.15, 0.2) is 0 Å². The molecule has 1 aliphatic heterocycles. The molecule has 3 aromatic heterocycles. The lowest BCUT2D eigenvalue weighted by Gasteiger charge is -2.34. The molecule has 0 aliphatic carbocycles. The van der Waals surface area contributed by atoms with Gasteiger partial charge in [-0.3, -0.25) is 10.00 Å². The van der Waals surface area contributed by atoms with Crippen molar-refractivity contribution in [3.05, 3.63) is 60.1 Å². The van der Waals surface area contributed by atoms with Crippen LogP contribution in [0.2, 0.25) is 0 Å². The standard InChI is InChI=1S/C18H22N6O/c1-14-18-20-12-16(5-9-25-17-4-2-3-6-19-17)24(18)8-7-23(14)13-15-10-21-22-11-15/h2-4,6,10-12,14H,5,7-9,13H2,1H3,(H,21,22)/t14-/m0/s1. The maximum atomic E-state index is 5.72. The predicted octanol–water partition coefficient (Wildman–Crippen LogP) is 2.20. The Balaban J connectivity index is 1.39. The third kappa shape index (κ3) is 3.41. The third-order valence-electron chi connectivity index (χ3n) is 4.69. The molecule has 1 N–H and O–H groups in total. The van der Waals surface area contributed by atoms with Crippen LogP contribution >= 0.6 is 0 Å². The number of nitrogens with zero attached hydrogens (tertiary/aromatic N) is 5. The number of aromatic nitrogens is 5. The molecule has 0 amide bonds. The van der Waals surface area contributed by atoms with Crippen LogP contribution in [0.3, 0.4) is 0 Å². The third-order valence-corrected chi connectivity index (χ3v) is 4.69. The highest BCUT2D eigenvalue weighted by Gasteiger charge is 2.27. The fraction of sp³-hybridized carbons (Fsp3) is 0.389. The minimum atomic E-state index is 0.286. The summed E-state index contributed by atoms with van der Waals surface area (Å²) in [4.78, 5) is 11.3. The van der Waals surface area contributed by atoms with Crippen molar-refractivity contribution < 1.29 is 4.74 Å². The molecule has 130 valence electrons. The zero-order chi connectivity index (χ0) is 17.1. The van der Waals surface area contributed by atoms with Crippen molar-refractivity contribution in [2.24, 2.45) is 0 Å². The van der Waals surface area contributed by atoms with Crippen molar-refractivity contribution in [1.29, 1.82) is 0 Å². The van der Waals surface area contributed by atoms with Crippen molar-refractivity contribution in [2.75, 3.05) is 13.2 Å². The molecule has 0 saturated heterocycles. The Morgan fingerprint density at radius 2 is 2.20 bits per heavy atom. The van der Waals surface area contributed by atoms with Gasteiger partial charge in [0.05, 0.1) is 18.8 Å². The molecule has 4 heterocycles. The van der Waals surface area contributed by atoms with E-state index in [0.29, 0.717) is 12.5 Å². The average Bonchev–Trinajstić information content (AvgIpc) is 3.29. The summed E-state index contributed by atoms with van der Waals surface area (Å²) < 4.78 is 8.05. The van der Waals surface area contributed by atoms with Gasteiger partial charge in [0.1, 0.15) is 5.82 Å². The van der Waals surface area contributed by atoms with Crippen molar-refractivity contribution in [3.63, 3.8) is 0 Å². The van der Waals surface area contributed by atoms with Gasteiger partial charge in [-0.1, -0.05) is 6.07 Å². The van der Waals surface area contributed by atoms with E-state index in [1.54, 1.807) is 6.20 Å². The Morgan fingerprint density at radius 1 is 1.24 bits per heavy atom. The number of hydrogen-bond donors (Lipinski definition) is 1. The number of rotatable bonds is 6.